The Hall–Kier alpha value is -4.38. The van der Waals surface area contributed by atoms with Gasteiger partial charge in [0.25, 0.3) is 5.91 Å². The van der Waals surface area contributed by atoms with E-state index in [1.807, 2.05) is 105 Å². The van der Waals surface area contributed by atoms with Crippen molar-refractivity contribution in [2.75, 3.05) is 12.0 Å². The van der Waals surface area contributed by atoms with Gasteiger partial charge in [-0.05, 0) is 60.9 Å². The van der Waals surface area contributed by atoms with Crippen LogP contribution in [0.5, 0.6) is 5.75 Å². The van der Waals surface area contributed by atoms with Crippen molar-refractivity contribution in [3.8, 4) is 5.75 Å². The number of anilines is 1. The maximum atomic E-state index is 13.7. The number of nitrogens with one attached hydrogen (secondary N) is 1. The van der Waals surface area contributed by atoms with Crippen molar-refractivity contribution in [2.24, 2.45) is 0 Å². The lowest BCUT2D eigenvalue weighted by Gasteiger charge is -2.24. The van der Waals surface area contributed by atoms with Crippen molar-refractivity contribution in [2.45, 2.75) is 32.9 Å². The highest BCUT2D eigenvalue weighted by atomic mass is 16.5. The number of hydrogen-bond acceptors (Lipinski definition) is 3. The van der Waals surface area contributed by atoms with Crippen LogP contribution >= 0.6 is 0 Å². The number of carbonyl (C=O) groups excluding carboxylic acids is 2. The van der Waals surface area contributed by atoms with Gasteiger partial charge in [0, 0.05) is 11.3 Å². The molecule has 0 bridgehead atoms. The molecule has 0 aromatic heterocycles. The van der Waals surface area contributed by atoms with Gasteiger partial charge in [-0.15, -0.1) is 0 Å². The molecule has 0 unspecified atom stereocenters. The zero-order valence-electron chi connectivity index (χ0n) is 21.5. The highest BCUT2D eigenvalue weighted by molar-refractivity contribution is 6.06. The van der Waals surface area contributed by atoms with Crippen LogP contribution in [0.15, 0.2) is 103 Å². The van der Waals surface area contributed by atoms with Crippen molar-refractivity contribution < 1.29 is 14.3 Å². The van der Waals surface area contributed by atoms with Crippen molar-refractivity contribution in [1.82, 2.24) is 5.32 Å². The lowest BCUT2D eigenvalue weighted by Crippen LogP contribution is -2.31. The molecule has 1 atom stereocenters. The van der Waals surface area contributed by atoms with Crippen molar-refractivity contribution >= 4 is 17.5 Å². The Morgan fingerprint density at radius 3 is 2.30 bits per heavy atom. The van der Waals surface area contributed by atoms with Gasteiger partial charge in [0.05, 0.1) is 26.1 Å². The van der Waals surface area contributed by atoms with Gasteiger partial charge in [0.2, 0.25) is 5.91 Å². The van der Waals surface area contributed by atoms with Crippen LogP contribution in [0.4, 0.5) is 5.69 Å². The molecular formula is C32H32N2O3. The third-order valence-corrected chi connectivity index (χ3v) is 6.29. The Kier molecular flexibility index (Phi) is 8.37. The molecule has 5 nitrogen and oxygen atoms in total. The van der Waals surface area contributed by atoms with E-state index in [1.165, 1.54) is 0 Å². The average molecular weight is 493 g/mol. The summed E-state index contributed by atoms with van der Waals surface area (Å²) in [5.74, 6) is 0.413. The molecule has 0 aliphatic rings. The van der Waals surface area contributed by atoms with Crippen LogP contribution in [0.2, 0.25) is 0 Å². The summed E-state index contributed by atoms with van der Waals surface area (Å²) >= 11 is 0. The first-order chi connectivity index (χ1) is 17.9. The summed E-state index contributed by atoms with van der Waals surface area (Å²) < 4.78 is 5.33. The fourth-order valence-corrected chi connectivity index (χ4v) is 4.21. The normalized spacial score (nSPS) is 11.4. The standard InChI is InChI=1S/C32H32N2O3/c1-23-15-17-25(18-16-23)22-34(32(36)28-12-8-14-30(21-28)37-3)29-13-7-9-26(19-29)20-31(35)33-24(2)27-10-5-4-6-11-27/h4-19,21,24H,20,22H2,1-3H3,(H,33,35)/t24-/m0/s1. The zero-order valence-corrected chi connectivity index (χ0v) is 21.5. The van der Waals surface area contributed by atoms with E-state index in [0.29, 0.717) is 17.9 Å². The first kappa shape index (κ1) is 25.7. The van der Waals surface area contributed by atoms with Gasteiger partial charge in [0.1, 0.15) is 5.75 Å². The Labute approximate surface area is 218 Å². The highest BCUT2D eigenvalue weighted by Gasteiger charge is 2.20. The first-order valence-electron chi connectivity index (χ1n) is 12.4. The molecule has 1 N–H and O–H groups in total. The number of methoxy groups -OCH3 is 1. The summed E-state index contributed by atoms with van der Waals surface area (Å²) in [6.07, 6.45) is 0.219. The van der Waals surface area contributed by atoms with E-state index >= 15 is 0 Å². The van der Waals surface area contributed by atoms with Crippen LogP contribution < -0.4 is 15.0 Å². The summed E-state index contributed by atoms with van der Waals surface area (Å²) in [7, 11) is 1.58. The van der Waals surface area contributed by atoms with Crippen molar-refractivity contribution in [1.29, 1.82) is 0 Å². The zero-order chi connectivity index (χ0) is 26.2. The molecule has 5 heteroatoms. The van der Waals surface area contributed by atoms with Gasteiger partial charge in [-0.25, -0.2) is 0 Å². The second kappa shape index (κ2) is 12.0. The molecule has 0 radical (unpaired) electrons. The Balaban J connectivity index is 1.57. The molecule has 37 heavy (non-hydrogen) atoms. The van der Waals surface area contributed by atoms with Crippen LogP contribution in [-0.2, 0) is 17.8 Å². The minimum atomic E-state index is -0.140. The molecule has 4 aromatic rings. The first-order valence-corrected chi connectivity index (χ1v) is 12.4. The Morgan fingerprint density at radius 1 is 0.838 bits per heavy atom. The summed E-state index contributed by atoms with van der Waals surface area (Å²) in [6.45, 7) is 4.41. The van der Waals surface area contributed by atoms with E-state index in [1.54, 1.807) is 24.1 Å². The van der Waals surface area contributed by atoms with Crippen LogP contribution in [0.25, 0.3) is 0 Å². The molecule has 0 saturated heterocycles. The number of aryl methyl sites for hydroxylation is 1. The lowest BCUT2D eigenvalue weighted by atomic mass is 10.1. The largest absolute Gasteiger partial charge is 0.497 e. The fourth-order valence-electron chi connectivity index (χ4n) is 4.21. The second-order valence-electron chi connectivity index (χ2n) is 9.16. The SMILES string of the molecule is COc1cccc(C(=O)N(Cc2ccc(C)cc2)c2cccc(CC(=O)N[C@@H](C)c3ccccc3)c2)c1. The number of nitrogens with zero attached hydrogens (tertiary/aromatic N) is 1. The maximum Gasteiger partial charge on any atom is 0.258 e. The minimum absolute atomic E-state index is 0.0716. The number of amides is 2. The lowest BCUT2D eigenvalue weighted by molar-refractivity contribution is -0.121. The Bertz CT molecular complexity index is 1350. The van der Waals surface area contributed by atoms with Gasteiger partial charge in [-0.1, -0.05) is 78.4 Å². The van der Waals surface area contributed by atoms with Crippen molar-refractivity contribution in [3.05, 3.63) is 131 Å². The highest BCUT2D eigenvalue weighted by Crippen LogP contribution is 2.24. The van der Waals surface area contributed by atoms with Gasteiger partial charge in [-0.2, -0.15) is 0 Å². The predicted octanol–water partition coefficient (Wildman–Crippen LogP) is 6.27. The van der Waals surface area contributed by atoms with Crippen LogP contribution in [-0.4, -0.2) is 18.9 Å². The minimum Gasteiger partial charge on any atom is -0.497 e. The predicted molar refractivity (Wildman–Crippen MR) is 148 cm³/mol. The van der Waals surface area contributed by atoms with Crippen LogP contribution in [0, 0.1) is 6.92 Å². The van der Waals surface area contributed by atoms with E-state index in [9.17, 15) is 9.59 Å². The van der Waals surface area contributed by atoms with Crippen LogP contribution in [0.1, 0.15) is 45.6 Å². The van der Waals surface area contributed by atoms with Crippen molar-refractivity contribution in [3.63, 3.8) is 0 Å². The topological polar surface area (TPSA) is 58.6 Å². The van der Waals surface area contributed by atoms with Crippen LogP contribution in [0.3, 0.4) is 0 Å². The maximum absolute atomic E-state index is 13.7. The molecule has 2 amide bonds. The molecular weight excluding hydrogens is 460 g/mol. The smallest absolute Gasteiger partial charge is 0.258 e. The third kappa shape index (κ3) is 6.85. The summed E-state index contributed by atoms with van der Waals surface area (Å²) in [5, 5.41) is 3.07. The van der Waals surface area contributed by atoms with Gasteiger partial charge >= 0.3 is 0 Å². The summed E-state index contributed by atoms with van der Waals surface area (Å²) in [4.78, 5) is 28.3. The third-order valence-electron chi connectivity index (χ3n) is 6.29. The molecule has 0 aliphatic heterocycles. The van der Waals surface area contributed by atoms with Gasteiger partial charge < -0.3 is 15.0 Å². The molecule has 188 valence electrons. The van der Waals surface area contributed by atoms with E-state index in [4.69, 9.17) is 4.74 Å². The number of ether oxygens (including phenoxy) is 1. The molecule has 0 fully saturated rings. The number of carbonyl (C=O) groups is 2. The fraction of sp³-hybridized carbons (Fsp3) is 0.188. The summed E-state index contributed by atoms with van der Waals surface area (Å²) in [5.41, 5.74) is 5.33. The quantitative estimate of drug-likeness (QED) is 0.300. The molecule has 0 spiro atoms. The van der Waals surface area contributed by atoms with E-state index < -0.39 is 0 Å². The summed E-state index contributed by atoms with van der Waals surface area (Å²) in [6, 6.07) is 32.7. The van der Waals surface area contributed by atoms with E-state index in [0.717, 1.165) is 27.9 Å². The Morgan fingerprint density at radius 2 is 1.57 bits per heavy atom. The number of benzene rings is 4. The van der Waals surface area contributed by atoms with E-state index in [2.05, 4.69) is 5.32 Å². The molecule has 0 saturated carbocycles. The van der Waals surface area contributed by atoms with Gasteiger partial charge in [0.15, 0.2) is 0 Å². The molecule has 0 heterocycles. The number of rotatable bonds is 9. The average Bonchev–Trinajstić information content (AvgIpc) is 2.93. The van der Waals surface area contributed by atoms with E-state index in [-0.39, 0.29) is 24.3 Å². The second-order valence-corrected chi connectivity index (χ2v) is 9.16. The molecule has 0 aliphatic carbocycles. The molecule has 4 rings (SSSR count). The van der Waals surface area contributed by atoms with Gasteiger partial charge in [-0.3, -0.25) is 9.59 Å². The number of hydrogen-bond donors (Lipinski definition) is 1. The monoisotopic (exact) mass is 492 g/mol. The molecule has 4 aromatic carbocycles.